The maximum atomic E-state index is 12.3. The van der Waals surface area contributed by atoms with Crippen molar-refractivity contribution < 1.29 is 19.1 Å². The summed E-state index contributed by atoms with van der Waals surface area (Å²) in [6, 6.07) is 11.3. The van der Waals surface area contributed by atoms with Crippen LogP contribution in [0, 0.1) is 6.92 Å². The second-order valence-electron chi connectivity index (χ2n) is 5.48. The maximum Gasteiger partial charge on any atom is 0.341 e. The number of nitrogens with one attached hydrogen (secondary N) is 1. The van der Waals surface area contributed by atoms with Crippen molar-refractivity contribution >= 4 is 39.6 Å². The molecule has 0 aliphatic carbocycles. The van der Waals surface area contributed by atoms with Gasteiger partial charge >= 0.3 is 5.97 Å². The summed E-state index contributed by atoms with van der Waals surface area (Å²) in [4.78, 5) is 25.4. The van der Waals surface area contributed by atoms with E-state index in [1.807, 2.05) is 48.0 Å². The molecule has 134 valence electrons. The number of hydrogen-bond acceptors (Lipinski definition) is 6. The highest BCUT2D eigenvalue weighted by molar-refractivity contribution is 7.17. The van der Waals surface area contributed by atoms with Gasteiger partial charge in [0.05, 0.1) is 7.11 Å². The highest BCUT2D eigenvalue weighted by atomic mass is 32.1. The number of amides is 1. The quantitative estimate of drug-likeness (QED) is 0.629. The first-order valence-corrected chi connectivity index (χ1v) is 9.57. The Morgan fingerprint density at radius 1 is 1.15 bits per heavy atom. The molecule has 0 bridgehead atoms. The Balaban J connectivity index is 1.74. The van der Waals surface area contributed by atoms with E-state index in [-0.39, 0.29) is 12.5 Å². The van der Waals surface area contributed by atoms with E-state index in [4.69, 9.17) is 9.47 Å². The predicted molar refractivity (Wildman–Crippen MR) is 104 cm³/mol. The van der Waals surface area contributed by atoms with Crippen LogP contribution in [0.3, 0.4) is 0 Å². The number of aryl methyl sites for hydroxylation is 1. The fraction of sp³-hybridized carbons (Fsp3) is 0.158. The van der Waals surface area contributed by atoms with Crippen molar-refractivity contribution in [3.8, 4) is 16.2 Å². The zero-order valence-electron chi connectivity index (χ0n) is 14.3. The van der Waals surface area contributed by atoms with Gasteiger partial charge in [-0.3, -0.25) is 4.79 Å². The van der Waals surface area contributed by atoms with Gasteiger partial charge in [-0.25, -0.2) is 4.79 Å². The van der Waals surface area contributed by atoms with Crippen LogP contribution in [-0.2, 0) is 9.53 Å². The lowest BCUT2D eigenvalue weighted by atomic mass is 10.1. The lowest BCUT2D eigenvalue weighted by Gasteiger charge is -2.09. The van der Waals surface area contributed by atoms with Crippen molar-refractivity contribution in [1.82, 2.24) is 0 Å². The Morgan fingerprint density at radius 3 is 2.69 bits per heavy atom. The van der Waals surface area contributed by atoms with Gasteiger partial charge in [-0.2, -0.15) is 0 Å². The van der Waals surface area contributed by atoms with E-state index in [2.05, 4.69) is 5.32 Å². The summed E-state index contributed by atoms with van der Waals surface area (Å²) in [5.41, 5.74) is 2.17. The summed E-state index contributed by atoms with van der Waals surface area (Å²) in [7, 11) is 1.32. The van der Waals surface area contributed by atoms with E-state index in [0.29, 0.717) is 16.3 Å². The SMILES string of the molecule is COC(=O)c1c(-c2cccs2)csc1NC(=O)COc1cccc(C)c1. The predicted octanol–water partition coefficient (Wildman–Crippen LogP) is 4.59. The average molecular weight is 387 g/mol. The fourth-order valence-corrected chi connectivity index (χ4v) is 4.17. The number of benzene rings is 1. The van der Waals surface area contributed by atoms with E-state index in [9.17, 15) is 9.59 Å². The molecular weight excluding hydrogens is 370 g/mol. The average Bonchev–Trinajstić information content (AvgIpc) is 3.29. The standard InChI is InChI=1S/C19H17NO4S2/c1-12-5-3-6-13(9-12)24-10-16(21)20-18-17(19(22)23-2)14(11-26-18)15-7-4-8-25-15/h3-9,11H,10H2,1-2H3,(H,20,21). The minimum Gasteiger partial charge on any atom is -0.484 e. The number of thiophene rings is 2. The molecule has 1 N–H and O–H groups in total. The highest BCUT2D eigenvalue weighted by Crippen LogP contribution is 2.38. The number of carbonyl (C=O) groups excluding carboxylic acids is 2. The highest BCUT2D eigenvalue weighted by Gasteiger charge is 2.22. The molecule has 0 atom stereocenters. The Bertz CT molecular complexity index is 916. The van der Waals surface area contributed by atoms with Crippen molar-refractivity contribution in [2.75, 3.05) is 19.0 Å². The second kappa shape index (κ2) is 8.16. The van der Waals surface area contributed by atoms with E-state index >= 15 is 0 Å². The third-order valence-electron chi connectivity index (χ3n) is 3.58. The van der Waals surface area contributed by atoms with Gasteiger partial charge in [0, 0.05) is 15.8 Å². The van der Waals surface area contributed by atoms with E-state index in [1.165, 1.54) is 29.8 Å². The van der Waals surface area contributed by atoms with E-state index in [0.717, 1.165) is 16.0 Å². The summed E-state index contributed by atoms with van der Waals surface area (Å²) in [6.45, 7) is 1.81. The van der Waals surface area contributed by atoms with Crippen molar-refractivity contribution in [1.29, 1.82) is 0 Å². The van der Waals surface area contributed by atoms with Gasteiger partial charge in [0.2, 0.25) is 0 Å². The van der Waals surface area contributed by atoms with Crippen LogP contribution in [0.4, 0.5) is 5.00 Å². The maximum absolute atomic E-state index is 12.3. The molecule has 0 spiro atoms. The Hall–Kier alpha value is -2.64. The zero-order chi connectivity index (χ0) is 18.5. The molecule has 2 aromatic heterocycles. The molecule has 26 heavy (non-hydrogen) atoms. The molecule has 3 rings (SSSR count). The lowest BCUT2D eigenvalue weighted by molar-refractivity contribution is -0.118. The molecule has 3 aromatic rings. The molecule has 0 aliphatic heterocycles. The second-order valence-corrected chi connectivity index (χ2v) is 7.30. The molecule has 0 saturated carbocycles. The number of carbonyl (C=O) groups is 2. The number of rotatable bonds is 6. The molecular formula is C19H17NO4S2. The summed E-state index contributed by atoms with van der Waals surface area (Å²) >= 11 is 2.81. The van der Waals surface area contributed by atoms with Gasteiger partial charge in [-0.15, -0.1) is 22.7 Å². The van der Waals surface area contributed by atoms with Gasteiger partial charge in [0.15, 0.2) is 6.61 Å². The van der Waals surface area contributed by atoms with Crippen LogP contribution in [0.5, 0.6) is 5.75 Å². The molecule has 0 saturated heterocycles. The normalized spacial score (nSPS) is 10.4. The molecule has 0 unspecified atom stereocenters. The molecule has 0 aliphatic rings. The summed E-state index contributed by atoms with van der Waals surface area (Å²) < 4.78 is 10.4. The lowest BCUT2D eigenvalue weighted by Crippen LogP contribution is -2.21. The van der Waals surface area contributed by atoms with Crippen LogP contribution in [0.2, 0.25) is 0 Å². The third kappa shape index (κ3) is 4.12. The number of ether oxygens (including phenoxy) is 2. The van der Waals surface area contributed by atoms with Crippen LogP contribution in [-0.4, -0.2) is 25.6 Å². The number of hydrogen-bond donors (Lipinski definition) is 1. The summed E-state index contributed by atoms with van der Waals surface area (Å²) in [5, 5.41) is 6.98. The minimum absolute atomic E-state index is 0.143. The van der Waals surface area contributed by atoms with Crippen LogP contribution < -0.4 is 10.1 Å². The van der Waals surface area contributed by atoms with Crippen LogP contribution >= 0.6 is 22.7 Å². The van der Waals surface area contributed by atoms with Crippen molar-refractivity contribution in [2.45, 2.75) is 6.92 Å². The van der Waals surface area contributed by atoms with Crippen LogP contribution in [0.15, 0.2) is 47.2 Å². The first-order valence-electron chi connectivity index (χ1n) is 7.81. The molecule has 7 heteroatoms. The Kier molecular flexibility index (Phi) is 5.70. The number of methoxy groups -OCH3 is 1. The first-order chi connectivity index (χ1) is 12.6. The van der Waals surface area contributed by atoms with Gasteiger partial charge in [0.25, 0.3) is 5.91 Å². The van der Waals surface area contributed by atoms with Crippen molar-refractivity contribution in [3.05, 3.63) is 58.3 Å². The van der Waals surface area contributed by atoms with Gasteiger partial charge in [-0.1, -0.05) is 18.2 Å². The summed E-state index contributed by atoms with van der Waals surface area (Å²) in [6.07, 6.45) is 0. The van der Waals surface area contributed by atoms with Gasteiger partial charge in [-0.05, 0) is 36.1 Å². The first kappa shape index (κ1) is 18.2. The minimum atomic E-state index is -0.482. The third-order valence-corrected chi connectivity index (χ3v) is 5.38. The van der Waals surface area contributed by atoms with Crippen molar-refractivity contribution in [2.24, 2.45) is 0 Å². The number of esters is 1. The fourth-order valence-electron chi connectivity index (χ4n) is 2.38. The summed E-state index contributed by atoms with van der Waals surface area (Å²) in [5.74, 6) is -0.195. The van der Waals surface area contributed by atoms with Gasteiger partial charge in [0.1, 0.15) is 16.3 Å². The topological polar surface area (TPSA) is 64.6 Å². The molecule has 1 aromatic carbocycles. The smallest absolute Gasteiger partial charge is 0.341 e. The zero-order valence-corrected chi connectivity index (χ0v) is 15.9. The monoisotopic (exact) mass is 387 g/mol. The van der Waals surface area contributed by atoms with Crippen LogP contribution in [0.25, 0.3) is 10.4 Å². The van der Waals surface area contributed by atoms with E-state index in [1.54, 1.807) is 6.07 Å². The Labute approximate surface area is 159 Å². The molecule has 2 heterocycles. The molecule has 1 amide bonds. The largest absolute Gasteiger partial charge is 0.484 e. The Morgan fingerprint density at radius 2 is 2.00 bits per heavy atom. The van der Waals surface area contributed by atoms with Crippen molar-refractivity contribution in [3.63, 3.8) is 0 Å². The van der Waals surface area contributed by atoms with Gasteiger partial charge < -0.3 is 14.8 Å². The number of anilines is 1. The van der Waals surface area contributed by atoms with Crippen LogP contribution in [0.1, 0.15) is 15.9 Å². The van der Waals surface area contributed by atoms with E-state index < -0.39 is 5.97 Å². The molecule has 5 nitrogen and oxygen atoms in total. The molecule has 0 radical (unpaired) electrons. The molecule has 0 fully saturated rings.